The zero-order valence-electron chi connectivity index (χ0n) is 13.2. The predicted octanol–water partition coefficient (Wildman–Crippen LogP) is 2.90. The Kier molecular flexibility index (Phi) is 3.74. The minimum atomic E-state index is -0.536. The van der Waals surface area contributed by atoms with E-state index in [4.69, 9.17) is 10.5 Å². The maximum absolute atomic E-state index is 12.0. The van der Waals surface area contributed by atoms with E-state index in [-0.39, 0.29) is 11.9 Å². The largest absolute Gasteiger partial charge is 0.364 e. The molecule has 1 unspecified atom stereocenters. The van der Waals surface area contributed by atoms with Crippen LogP contribution < -0.4 is 5.73 Å². The van der Waals surface area contributed by atoms with Gasteiger partial charge in [0.2, 0.25) is 0 Å². The third-order valence-corrected chi connectivity index (χ3v) is 4.37. The van der Waals surface area contributed by atoms with Crippen LogP contribution in [0, 0.1) is 0 Å². The average molecular weight is 322 g/mol. The van der Waals surface area contributed by atoms with Crippen molar-refractivity contribution in [3.63, 3.8) is 0 Å². The van der Waals surface area contributed by atoms with Gasteiger partial charge in [0.25, 0.3) is 5.91 Å². The first kappa shape index (κ1) is 14.8. The molecule has 4 rings (SSSR count). The van der Waals surface area contributed by atoms with Crippen molar-refractivity contribution in [2.24, 2.45) is 5.73 Å². The summed E-state index contributed by atoms with van der Waals surface area (Å²) in [5, 5.41) is 5.25. The maximum Gasteiger partial charge on any atom is 0.269 e. The van der Waals surface area contributed by atoms with Crippen LogP contribution in [0.1, 0.15) is 36.0 Å². The van der Waals surface area contributed by atoms with Crippen molar-refractivity contribution >= 4 is 16.8 Å². The molecule has 2 N–H and O–H groups in total. The normalized spacial score (nSPS) is 17.9. The summed E-state index contributed by atoms with van der Waals surface area (Å²) < 4.78 is 7.65. The molecular formula is C18H18N4O2. The van der Waals surface area contributed by atoms with Gasteiger partial charge in [-0.2, -0.15) is 5.10 Å². The molecule has 24 heavy (non-hydrogen) atoms. The number of amides is 1. The molecule has 0 saturated carbocycles. The van der Waals surface area contributed by atoms with Crippen LogP contribution in [0.3, 0.4) is 0 Å². The predicted molar refractivity (Wildman–Crippen MR) is 90.3 cm³/mol. The minimum absolute atomic E-state index is 0.154. The molecule has 1 fully saturated rings. The molecule has 2 aromatic heterocycles. The summed E-state index contributed by atoms with van der Waals surface area (Å²) in [6, 6.07) is 9.69. The number of hydrogen-bond acceptors (Lipinski definition) is 4. The molecule has 6 heteroatoms. The summed E-state index contributed by atoms with van der Waals surface area (Å²) >= 11 is 0. The van der Waals surface area contributed by atoms with Gasteiger partial charge >= 0.3 is 0 Å². The van der Waals surface area contributed by atoms with Crippen LogP contribution in [-0.4, -0.2) is 27.3 Å². The summed E-state index contributed by atoms with van der Waals surface area (Å²) in [4.78, 5) is 16.2. The van der Waals surface area contributed by atoms with Crippen molar-refractivity contribution in [1.29, 1.82) is 0 Å². The summed E-state index contributed by atoms with van der Waals surface area (Å²) in [6.07, 6.45) is 6.36. The minimum Gasteiger partial charge on any atom is -0.364 e. The monoisotopic (exact) mass is 322 g/mol. The molecule has 122 valence electrons. The van der Waals surface area contributed by atoms with Gasteiger partial charge in [0, 0.05) is 30.0 Å². The van der Waals surface area contributed by atoms with Crippen molar-refractivity contribution in [3.05, 3.63) is 48.4 Å². The lowest BCUT2D eigenvalue weighted by Gasteiger charge is -2.23. The van der Waals surface area contributed by atoms with Gasteiger partial charge in [0.05, 0.1) is 5.52 Å². The highest BCUT2D eigenvalue weighted by Gasteiger charge is 2.24. The number of nitrogens with two attached hydrogens (primary N) is 1. The Bertz CT molecular complexity index is 883. The van der Waals surface area contributed by atoms with Gasteiger partial charge in [0.1, 0.15) is 0 Å². The van der Waals surface area contributed by atoms with Gasteiger partial charge in [0.15, 0.2) is 11.9 Å². The van der Waals surface area contributed by atoms with Gasteiger partial charge in [-0.25, -0.2) is 4.68 Å². The number of benzene rings is 1. The third-order valence-electron chi connectivity index (χ3n) is 4.37. The van der Waals surface area contributed by atoms with Gasteiger partial charge in [-0.15, -0.1) is 0 Å². The quantitative estimate of drug-likeness (QED) is 0.803. The first-order valence-corrected chi connectivity index (χ1v) is 8.09. The van der Waals surface area contributed by atoms with Crippen molar-refractivity contribution in [1.82, 2.24) is 14.8 Å². The number of aromatic nitrogens is 3. The lowest BCUT2D eigenvalue weighted by atomic mass is 10.0. The molecule has 1 saturated heterocycles. The number of hydrogen-bond donors (Lipinski definition) is 1. The summed E-state index contributed by atoms with van der Waals surface area (Å²) in [6.45, 7) is 0.709. The highest BCUT2D eigenvalue weighted by atomic mass is 16.5. The van der Waals surface area contributed by atoms with E-state index < -0.39 is 5.91 Å². The van der Waals surface area contributed by atoms with Crippen LogP contribution in [0.2, 0.25) is 0 Å². The molecule has 3 aromatic rings. The fourth-order valence-corrected chi connectivity index (χ4v) is 3.26. The number of pyridine rings is 1. The Labute approximate surface area is 139 Å². The Morgan fingerprint density at radius 1 is 1.25 bits per heavy atom. The maximum atomic E-state index is 12.0. The van der Waals surface area contributed by atoms with Crippen LogP contribution in [0.4, 0.5) is 0 Å². The van der Waals surface area contributed by atoms with E-state index in [2.05, 4.69) is 10.1 Å². The molecule has 0 radical (unpaired) electrons. The lowest BCUT2D eigenvalue weighted by molar-refractivity contribution is -0.0367. The highest BCUT2D eigenvalue weighted by Crippen LogP contribution is 2.34. The van der Waals surface area contributed by atoms with E-state index in [1.54, 1.807) is 17.1 Å². The molecule has 1 aliphatic rings. The molecule has 0 aliphatic carbocycles. The highest BCUT2D eigenvalue weighted by molar-refractivity contribution is 6.09. The first-order valence-electron chi connectivity index (χ1n) is 8.09. The number of carbonyl (C=O) groups is 1. The summed E-state index contributed by atoms with van der Waals surface area (Å²) in [7, 11) is 0. The molecule has 3 heterocycles. The second-order valence-corrected chi connectivity index (χ2v) is 5.92. The molecule has 1 aliphatic heterocycles. The van der Waals surface area contributed by atoms with Gasteiger partial charge < -0.3 is 10.5 Å². The molecule has 1 amide bonds. The molecule has 1 aromatic carbocycles. The van der Waals surface area contributed by atoms with Crippen molar-refractivity contribution in [2.75, 3.05) is 6.61 Å². The van der Waals surface area contributed by atoms with Crippen LogP contribution in [0.15, 0.2) is 42.7 Å². The van der Waals surface area contributed by atoms with Crippen LogP contribution >= 0.6 is 0 Å². The number of fused-ring (bicyclic) bond motifs is 1. The SMILES string of the molecule is NC(=O)c1nn(C2CCCCO2)c2cccc(-c3cccnc3)c12. The van der Waals surface area contributed by atoms with E-state index in [1.807, 2.05) is 30.3 Å². The summed E-state index contributed by atoms with van der Waals surface area (Å²) in [5.74, 6) is -0.536. The molecule has 6 nitrogen and oxygen atoms in total. The standard InChI is InChI=1S/C18H18N4O2/c19-18(23)17-16-13(12-5-4-9-20-11-12)6-3-7-14(16)22(21-17)15-8-1-2-10-24-15/h3-7,9,11,15H,1-2,8,10H2,(H2,19,23). The molecule has 0 spiro atoms. The van der Waals surface area contributed by atoms with Gasteiger partial charge in [-0.05, 0) is 37.0 Å². The fourth-order valence-electron chi connectivity index (χ4n) is 3.26. The summed E-state index contributed by atoms with van der Waals surface area (Å²) in [5.41, 5.74) is 8.56. The Hall–Kier alpha value is -2.73. The lowest BCUT2D eigenvalue weighted by Crippen LogP contribution is -2.20. The number of rotatable bonds is 3. The number of nitrogens with zero attached hydrogens (tertiary/aromatic N) is 3. The van der Waals surface area contributed by atoms with Gasteiger partial charge in [-0.3, -0.25) is 9.78 Å². The Morgan fingerprint density at radius 2 is 2.17 bits per heavy atom. The smallest absolute Gasteiger partial charge is 0.269 e. The number of ether oxygens (including phenoxy) is 1. The third kappa shape index (κ3) is 2.45. The second kappa shape index (κ2) is 6.05. The van der Waals surface area contributed by atoms with Crippen molar-refractivity contribution < 1.29 is 9.53 Å². The van der Waals surface area contributed by atoms with E-state index in [1.165, 1.54) is 0 Å². The zero-order valence-corrected chi connectivity index (χ0v) is 13.2. The van der Waals surface area contributed by atoms with Crippen LogP contribution in [-0.2, 0) is 4.74 Å². The van der Waals surface area contributed by atoms with E-state index in [0.717, 1.165) is 41.3 Å². The Morgan fingerprint density at radius 3 is 2.88 bits per heavy atom. The average Bonchev–Trinajstić information content (AvgIpc) is 3.03. The molecular weight excluding hydrogens is 304 g/mol. The van der Waals surface area contributed by atoms with Crippen molar-refractivity contribution in [2.45, 2.75) is 25.5 Å². The number of primary amides is 1. The first-order chi connectivity index (χ1) is 11.8. The molecule has 1 atom stereocenters. The second-order valence-electron chi connectivity index (χ2n) is 5.92. The van der Waals surface area contributed by atoms with Crippen LogP contribution in [0.5, 0.6) is 0 Å². The fraction of sp³-hybridized carbons (Fsp3) is 0.278. The Balaban J connectivity index is 1.96. The van der Waals surface area contributed by atoms with E-state index in [9.17, 15) is 4.79 Å². The van der Waals surface area contributed by atoms with Gasteiger partial charge in [-0.1, -0.05) is 18.2 Å². The number of carbonyl (C=O) groups excluding carboxylic acids is 1. The van der Waals surface area contributed by atoms with Crippen LogP contribution in [0.25, 0.3) is 22.0 Å². The zero-order chi connectivity index (χ0) is 16.5. The topological polar surface area (TPSA) is 83.0 Å². The molecule has 0 bridgehead atoms. The van der Waals surface area contributed by atoms with E-state index >= 15 is 0 Å². The van der Waals surface area contributed by atoms with E-state index in [0.29, 0.717) is 6.61 Å². The van der Waals surface area contributed by atoms with Crippen molar-refractivity contribution in [3.8, 4) is 11.1 Å².